The zero-order chi connectivity index (χ0) is 18.7. The first-order valence-electron chi connectivity index (χ1n) is 8.93. The highest BCUT2D eigenvalue weighted by molar-refractivity contribution is 5.74. The van der Waals surface area contributed by atoms with Crippen LogP contribution in [0.3, 0.4) is 0 Å². The number of likely N-dealkylation sites (tertiary alicyclic amines) is 2. The second-order valence-corrected chi connectivity index (χ2v) is 7.41. The molecule has 0 radical (unpaired) electrons. The fourth-order valence-electron chi connectivity index (χ4n) is 4.11. The summed E-state index contributed by atoms with van der Waals surface area (Å²) in [5.74, 6) is -0.0777. The van der Waals surface area contributed by atoms with Gasteiger partial charge in [-0.05, 0) is 24.7 Å². The maximum atomic E-state index is 11.8. The van der Waals surface area contributed by atoms with Gasteiger partial charge in [0.2, 0.25) is 5.91 Å². The van der Waals surface area contributed by atoms with Gasteiger partial charge in [0.1, 0.15) is 12.6 Å². The van der Waals surface area contributed by atoms with Gasteiger partial charge in [-0.1, -0.05) is 0 Å². The molecule has 26 heavy (non-hydrogen) atoms. The molecule has 0 aromatic carbocycles. The number of amides is 1. The third-order valence-electron chi connectivity index (χ3n) is 5.58. The van der Waals surface area contributed by atoms with Crippen molar-refractivity contribution in [3.05, 3.63) is 23.8 Å². The van der Waals surface area contributed by atoms with Crippen LogP contribution < -0.4 is 0 Å². The molecule has 8 heteroatoms. The number of carboxylic acid groups (broad SMARTS) is 1. The van der Waals surface area contributed by atoms with E-state index in [0.29, 0.717) is 38.5 Å². The first kappa shape index (κ1) is 18.7. The van der Waals surface area contributed by atoms with Gasteiger partial charge in [0, 0.05) is 58.2 Å². The molecule has 1 unspecified atom stereocenters. The van der Waals surface area contributed by atoms with Crippen molar-refractivity contribution in [1.29, 1.82) is 0 Å². The number of carbonyl (C=O) groups excluding carboxylic acids is 1. The SMILES string of the molecule is COCc1ncc(CN2CC3(CCN(C(C)=O)CC3)CC2C(=O)O)cn1. The van der Waals surface area contributed by atoms with Crippen molar-refractivity contribution in [2.24, 2.45) is 5.41 Å². The molecule has 142 valence electrons. The molecule has 2 saturated heterocycles. The average Bonchev–Trinajstić information content (AvgIpc) is 2.95. The normalized spacial score (nSPS) is 22.7. The van der Waals surface area contributed by atoms with Crippen molar-refractivity contribution in [3.8, 4) is 0 Å². The zero-order valence-corrected chi connectivity index (χ0v) is 15.3. The topological polar surface area (TPSA) is 95.9 Å². The van der Waals surface area contributed by atoms with E-state index in [2.05, 4.69) is 9.97 Å². The molecule has 8 nitrogen and oxygen atoms in total. The quantitative estimate of drug-likeness (QED) is 0.832. The molecule has 1 amide bonds. The predicted molar refractivity (Wildman–Crippen MR) is 93.1 cm³/mol. The van der Waals surface area contributed by atoms with E-state index in [-0.39, 0.29) is 11.3 Å². The molecule has 2 aliphatic heterocycles. The number of carbonyl (C=O) groups is 2. The number of piperidine rings is 1. The molecule has 3 rings (SSSR count). The number of methoxy groups -OCH3 is 1. The van der Waals surface area contributed by atoms with Crippen LogP contribution in [-0.4, -0.2) is 69.5 Å². The highest BCUT2D eigenvalue weighted by Crippen LogP contribution is 2.43. The molecule has 2 aliphatic rings. The molecular weight excluding hydrogens is 336 g/mol. The second kappa shape index (κ2) is 7.67. The van der Waals surface area contributed by atoms with Crippen LogP contribution in [0, 0.1) is 5.41 Å². The van der Waals surface area contributed by atoms with Gasteiger partial charge in [0.05, 0.1) is 0 Å². The number of carboxylic acids is 1. The number of hydrogen-bond donors (Lipinski definition) is 1. The molecule has 1 N–H and O–H groups in total. The Morgan fingerprint density at radius 3 is 2.50 bits per heavy atom. The van der Waals surface area contributed by atoms with Crippen LogP contribution in [0.1, 0.15) is 37.6 Å². The Kier molecular flexibility index (Phi) is 5.52. The van der Waals surface area contributed by atoms with E-state index in [1.807, 2.05) is 9.80 Å². The van der Waals surface area contributed by atoms with Gasteiger partial charge < -0.3 is 14.7 Å². The van der Waals surface area contributed by atoms with Crippen LogP contribution in [0.4, 0.5) is 0 Å². The van der Waals surface area contributed by atoms with Gasteiger partial charge in [-0.25, -0.2) is 9.97 Å². The number of aromatic nitrogens is 2. The summed E-state index contributed by atoms with van der Waals surface area (Å²) < 4.78 is 5.01. The Morgan fingerprint density at radius 2 is 1.96 bits per heavy atom. The lowest BCUT2D eigenvalue weighted by Gasteiger charge is -2.39. The summed E-state index contributed by atoms with van der Waals surface area (Å²) in [6.07, 6.45) is 5.83. The maximum absolute atomic E-state index is 11.8. The van der Waals surface area contributed by atoms with Gasteiger partial charge in [0.15, 0.2) is 5.82 Å². The predicted octanol–water partition coefficient (Wildman–Crippen LogP) is 0.911. The monoisotopic (exact) mass is 362 g/mol. The Morgan fingerprint density at radius 1 is 1.31 bits per heavy atom. The van der Waals surface area contributed by atoms with E-state index in [4.69, 9.17) is 4.74 Å². The van der Waals surface area contributed by atoms with Crippen LogP contribution in [0.5, 0.6) is 0 Å². The van der Waals surface area contributed by atoms with Gasteiger partial charge in [0.25, 0.3) is 0 Å². The molecular formula is C18H26N4O4. The number of ether oxygens (including phenoxy) is 1. The Bertz CT molecular complexity index is 656. The molecule has 0 bridgehead atoms. The van der Waals surface area contributed by atoms with Crippen LogP contribution in [-0.2, 0) is 27.5 Å². The van der Waals surface area contributed by atoms with Crippen LogP contribution in [0.15, 0.2) is 12.4 Å². The summed E-state index contributed by atoms with van der Waals surface area (Å²) in [4.78, 5) is 35.7. The highest BCUT2D eigenvalue weighted by Gasteiger charge is 2.48. The molecule has 2 fully saturated rings. The van der Waals surface area contributed by atoms with Crippen molar-refractivity contribution in [2.75, 3.05) is 26.7 Å². The minimum Gasteiger partial charge on any atom is -0.480 e. The number of aliphatic carboxylic acids is 1. The summed E-state index contributed by atoms with van der Waals surface area (Å²) in [7, 11) is 1.59. The summed E-state index contributed by atoms with van der Waals surface area (Å²) in [5, 5.41) is 9.68. The third kappa shape index (κ3) is 4.02. The minimum absolute atomic E-state index is 0.0220. The average molecular weight is 362 g/mol. The highest BCUT2D eigenvalue weighted by atomic mass is 16.5. The second-order valence-electron chi connectivity index (χ2n) is 7.41. The van der Waals surface area contributed by atoms with Crippen LogP contribution >= 0.6 is 0 Å². The van der Waals surface area contributed by atoms with Crippen molar-refractivity contribution >= 4 is 11.9 Å². The van der Waals surface area contributed by atoms with E-state index >= 15 is 0 Å². The van der Waals surface area contributed by atoms with Crippen LogP contribution in [0.25, 0.3) is 0 Å². The fraction of sp³-hybridized carbons (Fsp3) is 0.667. The lowest BCUT2D eigenvalue weighted by Crippen LogP contribution is -2.43. The molecule has 1 aromatic heterocycles. The maximum Gasteiger partial charge on any atom is 0.320 e. The van der Waals surface area contributed by atoms with Gasteiger partial charge in [-0.2, -0.15) is 0 Å². The lowest BCUT2D eigenvalue weighted by molar-refractivity contribution is -0.142. The summed E-state index contributed by atoms with van der Waals surface area (Å²) in [6, 6.07) is -0.502. The lowest BCUT2D eigenvalue weighted by atomic mass is 9.76. The van der Waals surface area contributed by atoms with Gasteiger partial charge in [-0.3, -0.25) is 14.5 Å². The van der Waals surface area contributed by atoms with Crippen molar-refractivity contribution in [1.82, 2.24) is 19.8 Å². The van der Waals surface area contributed by atoms with E-state index in [0.717, 1.165) is 24.9 Å². The van der Waals surface area contributed by atoms with E-state index in [9.17, 15) is 14.7 Å². The zero-order valence-electron chi connectivity index (χ0n) is 15.3. The molecule has 3 heterocycles. The molecule has 1 spiro atoms. The van der Waals surface area contributed by atoms with E-state index in [1.165, 1.54) is 0 Å². The first-order chi connectivity index (χ1) is 12.4. The Labute approximate surface area is 153 Å². The van der Waals surface area contributed by atoms with Crippen LogP contribution in [0.2, 0.25) is 0 Å². The summed E-state index contributed by atoms with van der Waals surface area (Å²) in [5.41, 5.74) is 0.876. The molecule has 0 aliphatic carbocycles. The van der Waals surface area contributed by atoms with Crippen molar-refractivity contribution in [3.63, 3.8) is 0 Å². The number of rotatable bonds is 5. The Balaban J connectivity index is 1.68. The third-order valence-corrected chi connectivity index (χ3v) is 5.58. The number of hydrogen-bond acceptors (Lipinski definition) is 6. The van der Waals surface area contributed by atoms with E-state index < -0.39 is 12.0 Å². The fourth-order valence-corrected chi connectivity index (χ4v) is 4.11. The molecule has 1 aromatic rings. The van der Waals surface area contributed by atoms with Crippen molar-refractivity contribution < 1.29 is 19.4 Å². The Hall–Kier alpha value is -2.06. The smallest absolute Gasteiger partial charge is 0.320 e. The summed E-state index contributed by atoms with van der Waals surface area (Å²) >= 11 is 0. The van der Waals surface area contributed by atoms with Gasteiger partial charge >= 0.3 is 5.97 Å². The molecule has 1 atom stereocenters. The minimum atomic E-state index is -0.784. The first-order valence-corrected chi connectivity index (χ1v) is 8.93. The van der Waals surface area contributed by atoms with Gasteiger partial charge in [-0.15, -0.1) is 0 Å². The van der Waals surface area contributed by atoms with E-state index in [1.54, 1.807) is 26.4 Å². The molecule has 0 saturated carbocycles. The van der Waals surface area contributed by atoms with Crippen molar-refractivity contribution in [2.45, 2.75) is 45.4 Å². The number of nitrogens with zero attached hydrogens (tertiary/aromatic N) is 4. The standard InChI is InChI=1S/C18H26N4O4/c1-13(23)21-5-3-18(4-6-21)7-15(17(24)25)22(12-18)10-14-8-19-16(11-26-2)20-9-14/h8-9,15H,3-7,10-12H2,1-2H3,(H,24,25). The summed E-state index contributed by atoms with van der Waals surface area (Å²) in [6.45, 7) is 4.62. The largest absolute Gasteiger partial charge is 0.480 e.